The van der Waals surface area contributed by atoms with E-state index in [1.165, 1.54) is 12.1 Å². The summed E-state index contributed by atoms with van der Waals surface area (Å²) in [6.45, 7) is -0.0751. The number of anilines is 1. The average Bonchev–Trinajstić information content (AvgIpc) is 2.73. The van der Waals surface area contributed by atoms with Crippen molar-refractivity contribution in [2.45, 2.75) is 17.2 Å². The summed E-state index contributed by atoms with van der Waals surface area (Å²) in [5, 5.41) is 2.22. The van der Waals surface area contributed by atoms with Gasteiger partial charge in [0.1, 0.15) is 0 Å². The predicted octanol–water partition coefficient (Wildman–Crippen LogP) is 3.67. The molecule has 1 N–H and O–H groups in total. The van der Waals surface area contributed by atoms with E-state index < -0.39 is 39.4 Å². The van der Waals surface area contributed by atoms with Crippen LogP contribution in [0.25, 0.3) is 0 Å². The Kier molecular flexibility index (Phi) is 7.05. The largest absolute Gasteiger partial charge is 0.418 e. The van der Waals surface area contributed by atoms with Gasteiger partial charge >= 0.3 is 12.4 Å². The van der Waals surface area contributed by atoms with Crippen LogP contribution in [0.4, 0.5) is 32.0 Å². The Bertz CT molecular complexity index is 1090. The topological polar surface area (TPSA) is 69.7 Å². The number of nitrogens with one attached hydrogen (secondary N) is 1. The number of rotatable bonds is 5. The highest BCUT2D eigenvalue weighted by atomic mass is 32.2. The lowest BCUT2D eigenvalue weighted by Crippen LogP contribution is -2.50. The van der Waals surface area contributed by atoms with Gasteiger partial charge in [-0.05, 0) is 36.4 Å². The zero-order chi connectivity index (χ0) is 24.4. The Morgan fingerprint density at radius 2 is 1.42 bits per heavy atom. The van der Waals surface area contributed by atoms with E-state index >= 15 is 0 Å². The lowest BCUT2D eigenvalue weighted by molar-refractivity contribution is -0.138. The van der Waals surface area contributed by atoms with E-state index in [4.69, 9.17) is 0 Å². The second kappa shape index (κ2) is 9.31. The van der Waals surface area contributed by atoms with Crippen LogP contribution in [0.1, 0.15) is 11.1 Å². The van der Waals surface area contributed by atoms with Gasteiger partial charge < -0.3 is 5.32 Å². The molecule has 1 saturated heterocycles. The summed E-state index contributed by atoms with van der Waals surface area (Å²) in [4.78, 5) is 13.5. The van der Waals surface area contributed by atoms with Crippen molar-refractivity contribution in [3.05, 3.63) is 59.7 Å². The molecule has 0 unspecified atom stereocenters. The van der Waals surface area contributed by atoms with E-state index in [-0.39, 0.29) is 43.3 Å². The molecule has 0 saturated carbocycles. The van der Waals surface area contributed by atoms with Crippen molar-refractivity contribution in [2.75, 3.05) is 38.0 Å². The number of halogens is 6. The number of carbonyl (C=O) groups excluding carboxylic acids is 1. The molecule has 1 fully saturated rings. The van der Waals surface area contributed by atoms with Crippen molar-refractivity contribution in [1.29, 1.82) is 0 Å². The van der Waals surface area contributed by atoms with Gasteiger partial charge in [-0.25, -0.2) is 8.42 Å². The van der Waals surface area contributed by atoms with Crippen molar-refractivity contribution >= 4 is 21.6 Å². The highest BCUT2D eigenvalue weighted by Crippen LogP contribution is 2.34. The molecule has 2 aromatic rings. The first-order chi connectivity index (χ1) is 15.3. The number of piperazine rings is 1. The molecule has 0 spiro atoms. The van der Waals surface area contributed by atoms with Crippen LogP contribution in [0, 0.1) is 0 Å². The summed E-state index contributed by atoms with van der Waals surface area (Å²) in [6, 6.07) is 7.69. The zero-order valence-corrected chi connectivity index (χ0v) is 17.8. The van der Waals surface area contributed by atoms with Crippen LogP contribution in [-0.2, 0) is 27.2 Å². The van der Waals surface area contributed by atoms with Gasteiger partial charge in [0, 0.05) is 26.2 Å². The molecular weight excluding hydrogens is 476 g/mol. The third kappa shape index (κ3) is 6.03. The fourth-order valence-electron chi connectivity index (χ4n) is 3.33. The highest BCUT2D eigenvalue weighted by molar-refractivity contribution is 7.89. The molecule has 1 heterocycles. The van der Waals surface area contributed by atoms with E-state index in [1.54, 1.807) is 4.90 Å². The number of amides is 1. The number of nitrogens with zero attached hydrogens (tertiary/aromatic N) is 2. The Hall–Kier alpha value is -2.64. The van der Waals surface area contributed by atoms with Crippen molar-refractivity contribution < 1.29 is 39.6 Å². The zero-order valence-electron chi connectivity index (χ0n) is 16.9. The summed E-state index contributed by atoms with van der Waals surface area (Å²) >= 11 is 0. The highest BCUT2D eigenvalue weighted by Gasteiger charge is 2.35. The number of para-hydroxylation sites is 1. The molecule has 2 aromatic carbocycles. The summed E-state index contributed by atoms with van der Waals surface area (Å²) in [7, 11) is -4.03. The van der Waals surface area contributed by atoms with Gasteiger partial charge in [-0.2, -0.15) is 30.6 Å². The maximum atomic E-state index is 13.1. The van der Waals surface area contributed by atoms with Crippen LogP contribution in [0.15, 0.2) is 53.4 Å². The van der Waals surface area contributed by atoms with Gasteiger partial charge in [-0.3, -0.25) is 9.69 Å². The molecule has 0 atom stereocenters. The summed E-state index contributed by atoms with van der Waals surface area (Å²) in [5.74, 6) is -0.689. The van der Waals surface area contributed by atoms with Gasteiger partial charge in [-0.1, -0.05) is 12.1 Å². The van der Waals surface area contributed by atoms with Crippen LogP contribution in [0.2, 0.25) is 0 Å². The third-order valence-electron chi connectivity index (χ3n) is 5.02. The molecule has 1 aliphatic rings. The molecule has 33 heavy (non-hydrogen) atoms. The molecular formula is C20H19F6N3O3S. The molecule has 0 bridgehead atoms. The molecule has 1 amide bonds. The Morgan fingerprint density at radius 3 is 1.97 bits per heavy atom. The fraction of sp³-hybridized carbons (Fsp3) is 0.350. The average molecular weight is 495 g/mol. The molecule has 0 aliphatic carbocycles. The number of alkyl halides is 6. The van der Waals surface area contributed by atoms with Gasteiger partial charge in [0.2, 0.25) is 15.9 Å². The quantitative estimate of drug-likeness (QED) is 0.643. The smallest absolute Gasteiger partial charge is 0.324 e. The van der Waals surface area contributed by atoms with E-state index in [9.17, 15) is 39.6 Å². The lowest BCUT2D eigenvalue weighted by Gasteiger charge is -2.33. The van der Waals surface area contributed by atoms with Gasteiger partial charge in [-0.15, -0.1) is 0 Å². The molecule has 0 aromatic heterocycles. The fourth-order valence-corrected chi connectivity index (χ4v) is 4.75. The molecule has 6 nitrogen and oxygen atoms in total. The first-order valence-electron chi connectivity index (χ1n) is 9.64. The summed E-state index contributed by atoms with van der Waals surface area (Å²) < 4.78 is 104. The van der Waals surface area contributed by atoms with Gasteiger partial charge in [0.05, 0.1) is 28.3 Å². The second-order valence-corrected chi connectivity index (χ2v) is 9.23. The number of hydrogen-bond acceptors (Lipinski definition) is 4. The van der Waals surface area contributed by atoms with E-state index in [0.717, 1.165) is 28.6 Å². The van der Waals surface area contributed by atoms with Crippen LogP contribution in [0.3, 0.4) is 0 Å². The molecule has 0 radical (unpaired) electrons. The van der Waals surface area contributed by atoms with Gasteiger partial charge in [0.25, 0.3) is 0 Å². The van der Waals surface area contributed by atoms with E-state index in [0.29, 0.717) is 12.1 Å². The van der Waals surface area contributed by atoms with E-state index in [1.807, 2.05) is 0 Å². The van der Waals surface area contributed by atoms with Crippen molar-refractivity contribution in [2.24, 2.45) is 0 Å². The monoisotopic (exact) mass is 495 g/mol. The number of hydrogen-bond donors (Lipinski definition) is 1. The Labute approximate surface area is 185 Å². The van der Waals surface area contributed by atoms with Crippen molar-refractivity contribution in [1.82, 2.24) is 9.21 Å². The maximum Gasteiger partial charge on any atom is 0.418 e. The number of carbonyl (C=O) groups is 1. The lowest BCUT2D eigenvalue weighted by atomic mass is 10.1. The van der Waals surface area contributed by atoms with Gasteiger partial charge in [0.15, 0.2) is 0 Å². The second-order valence-electron chi connectivity index (χ2n) is 7.29. The van der Waals surface area contributed by atoms with Crippen LogP contribution in [-0.4, -0.2) is 56.3 Å². The summed E-state index contributed by atoms with van der Waals surface area (Å²) in [5.41, 5.74) is -2.33. The first-order valence-corrected chi connectivity index (χ1v) is 11.1. The maximum absolute atomic E-state index is 13.1. The molecule has 3 rings (SSSR count). The van der Waals surface area contributed by atoms with Crippen LogP contribution in [0.5, 0.6) is 0 Å². The normalized spacial score (nSPS) is 16.5. The minimum Gasteiger partial charge on any atom is -0.324 e. The molecule has 180 valence electrons. The standard InChI is InChI=1S/C20H19F6N3O3S/c21-19(22,23)14-5-7-15(8-6-14)33(31,32)29-11-9-28(10-12-29)13-18(30)27-17-4-2-1-3-16(17)20(24,25)26/h1-8H,9-13H2,(H,27,30). The first kappa shape index (κ1) is 25.0. The molecule has 1 aliphatic heterocycles. The van der Waals surface area contributed by atoms with Crippen LogP contribution >= 0.6 is 0 Å². The molecule has 13 heteroatoms. The summed E-state index contributed by atoms with van der Waals surface area (Å²) in [6.07, 6.45) is -9.22. The Balaban J connectivity index is 1.58. The Morgan fingerprint density at radius 1 is 0.848 bits per heavy atom. The minimum absolute atomic E-state index is 0.0320. The number of benzene rings is 2. The number of sulfonamides is 1. The third-order valence-corrected chi connectivity index (χ3v) is 6.94. The van der Waals surface area contributed by atoms with Crippen molar-refractivity contribution in [3.8, 4) is 0 Å². The van der Waals surface area contributed by atoms with Crippen LogP contribution < -0.4 is 5.32 Å². The SMILES string of the molecule is O=C(CN1CCN(S(=O)(=O)c2ccc(C(F)(F)F)cc2)CC1)Nc1ccccc1C(F)(F)F. The van der Waals surface area contributed by atoms with Crippen molar-refractivity contribution in [3.63, 3.8) is 0 Å². The predicted molar refractivity (Wildman–Crippen MR) is 107 cm³/mol. The van der Waals surface area contributed by atoms with E-state index in [2.05, 4.69) is 5.32 Å². The minimum atomic E-state index is -4.64.